The van der Waals surface area contributed by atoms with E-state index in [2.05, 4.69) is 6.58 Å². The Labute approximate surface area is 88.5 Å². The number of aryl methyl sites for hydroxylation is 1. The zero-order chi connectivity index (χ0) is 10.1. The number of hydrogen-bond acceptors (Lipinski definition) is 2. The minimum absolute atomic E-state index is 0.180. The van der Waals surface area contributed by atoms with Crippen LogP contribution in [0.1, 0.15) is 45.4 Å². The van der Waals surface area contributed by atoms with Gasteiger partial charge in [0.05, 0.1) is 4.88 Å². The first-order chi connectivity index (χ1) is 6.74. The Balaban J connectivity index is 2.57. The van der Waals surface area contributed by atoms with Gasteiger partial charge < -0.3 is 0 Å². The molecular weight excluding hydrogens is 192 g/mol. The molecule has 2 heteroatoms. The van der Waals surface area contributed by atoms with E-state index in [-0.39, 0.29) is 5.78 Å². The summed E-state index contributed by atoms with van der Waals surface area (Å²) in [6, 6.07) is 0. The molecule has 1 aromatic heterocycles. The van der Waals surface area contributed by atoms with Crippen LogP contribution in [-0.2, 0) is 12.8 Å². The number of carbonyl (C=O) groups excluding carboxylic acids is 1. The molecule has 0 spiro atoms. The molecule has 1 aliphatic rings. The molecule has 0 aliphatic heterocycles. The Morgan fingerprint density at radius 2 is 2.14 bits per heavy atom. The molecule has 0 radical (unpaired) electrons. The average molecular weight is 206 g/mol. The lowest BCUT2D eigenvalue weighted by Gasteiger charge is -2.10. The van der Waals surface area contributed by atoms with E-state index in [1.807, 2.05) is 6.08 Å². The first-order valence-corrected chi connectivity index (χ1v) is 5.83. The van der Waals surface area contributed by atoms with Crippen molar-refractivity contribution in [3.05, 3.63) is 27.5 Å². The number of hydrogen-bond donors (Lipinski definition) is 0. The third kappa shape index (κ3) is 1.44. The highest BCUT2D eigenvalue weighted by molar-refractivity contribution is 7.14. The van der Waals surface area contributed by atoms with Crippen molar-refractivity contribution in [3.8, 4) is 0 Å². The van der Waals surface area contributed by atoms with Gasteiger partial charge in [-0.3, -0.25) is 4.79 Å². The van der Waals surface area contributed by atoms with Crippen LogP contribution in [-0.4, -0.2) is 5.78 Å². The molecule has 1 aliphatic carbocycles. The molecule has 0 saturated carbocycles. The fourth-order valence-electron chi connectivity index (χ4n) is 2.07. The summed E-state index contributed by atoms with van der Waals surface area (Å²) in [4.78, 5) is 13.7. The molecule has 14 heavy (non-hydrogen) atoms. The van der Waals surface area contributed by atoms with Gasteiger partial charge >= 0.3 is 0 Å². The molecule has 1 aromatic rings. The number of thiophene rings is 1. The van der Waals surface area contributed by atoms with Crippen molar-refractivity contribution in [2.24, 2.45) is 0 Å². The summed E-state index contributed by atoms with van der Waals surface area (Å²) < 4.78 is 0. The molecule has 1 nitrogen and oxygen atoms in total. The fraction of sp³-hybridized carbons (Fsp3) is 0.417. The lowest BCUT2D eigenvalue weighted by atomic mass is 9.94. The maximum atomic E-state index is 11.4. The van der Waals surface area contributed by atoms with Gasteiger partial charge in [0.25, 0.3) is 0 Å². The standard InChI is InChI=1S/C12H14OS/c1-3-9-10-6-4-5-7-11(10)14-12(9)8(2)13/h3H,1,4-7H2,2H3. The van der Waals surface area contributed by atoms with E-state index in [0.29, 0.717) is 0 Å². The molecule has 74 valence electrons. The molecule has 0 atom stereocenters. The largest absolute Gasteiger partial charge is 0.294 e. The molecular formula is C12H14OS. The number of carbonyl (C=O) groups is 1. The summed E-state index contributed by atoms with van der Waals surface area (Å²) in [5.74, 6) is 0.180. The Kier molecular flexibility index (Phi) is 2.55. The lowest BCUT2D eigenvalue weighted by Crippen LogP contribution is -1.99. The van der Waals surface area contributed by atoms with Crippen molar-refractivity contribution in [2.75, 3.05) is 0 Å². The minimum Gasteiger partial charge on any atom is -0.294 e. The van der Waals surface area contributed by atoms with Gasteiger partial charge in [-0.2, -0.15) is 0 Å². The van der Waals surface area contributed by atoms with Crippen molar-refractivity contribution in [3.63, 3.8) is 0 Å². The Bertz CT molecular complexity index is 387. The lowest BCUT2D eigenvalue weighted by molar-refractivity contribution is 0.102. The summed E-state index contributed by atoms with van der Waals surface area (Å²) in [7, 11) is 0. The zero-order valence-electron chi connectivity index (χ0n) is 8.43. The molecule has 0 N–H and O–H groups in total. The number of ketones is 1. The van der Waals surface area contributed by atoms with Crippen LogP contribution >= 0.6 is 11.3 Å². The van der Waals surface area contributed by atoms with Crippen LogP contribution in [0.4, 0.5) is 0 Å². The van der Waals surface area contributed by atoms with Gasteiger partial charge in [-0.25, -0.2) is 0 Å². The van der Waals surface area contributed by atoms with E-state index < -0.39 is 0 Å². The van der Waals surface area contributed by atoms with Crippen LogP contribution in [0, 0.1) is 0 Å². The van der Waals surface area contributed by atoms with Crippen molar-refractivity contribution in [2.45, 2.75) is 32.6 Å². The van der Waals surface area contributed by atoms with E-state index in [9.17, 15) is 4.79 Å². The maximum absolute atomic E-state index is 11.4. The van der Waals surface area contributed by atoms with Gasteiger partial charge in [-0.05, 0) is 43.7 Å². The Morgan fingerprint density at radius 1 is 1.43 bits per heavy atom. The third-order valence-corrected chi connectivity index (χ3v) is 4.14. The first-order valence-electron chi connectivity index (χ1n) is 5.02. The maximum Gasteiger partial charge on any atom is 0.170 e. The molecule has 0 saturated heterocycles. The zero-order valence-corrected chi connectivity index (χ0v) is 9.25. The van der Waals surface area contributed by atoms with Crippen molar-refractivity contribution >= 4 is 23.2 Å². The van der Waals surface area contributed by atoms with Gasteiger partial charge in [0.1, 0.15) is 0 Å². The predicted octanol–water partition coefficient (Wildman–Crippen LogP) is 3.47. The molecule has 0 bridgehead atoms. The highest BCUT2D eigenvalue weighted by atomic mass is 32.1. The van der Waals surface area contributed by atoms with Crippen LogP contribution in [0.15, 0.2) is 6.58 Å². The normalized spacial score (nSPS) is 14.9. The van der Waals surface area contributed by atoms with Gasteiger partial charge in [0, 0.05) is 4.88 Å². The predicted molar refractivity (Wildman–Crippen MR) is 61.1 cm³/mol. The van der Waals surface area contributed by atoms with Crippen LogP contribution in [0.3, 0.4) is 0 Å². The Hall–Kier alpha value is -0.890. The van der Waals surface area contributed by atoms with E-state index >= 15 is 0 Å². The molecule has 2 rings (SSSR count). The average Bonchev–Trinajstić information content (AvgIpc) is 2.56. The second-order valence-electron chi connectivity index (χ2n) is 3.71. The number of Topliss-reactive ketones (excluding diaryl/α,β-unsaturated/α-hetero) is 1. The fourth-order valence-corrected chi connectivity index (χ4v) is 3.36. The quantitative estimate of drug-likeness (QED) is 0.677. The van der Waals surface area contributed by atoms with Crippen LogP contribution < -0.4 is 0 Å². The van der Waals surface area contributed by atoms with Crippen LogP contribution in [0.25, 0.3) is 6.08 Å². The van der Waals surface area contributed by atoms with Crippen molar-refractivity contribution in [1.82, 2.24) is 0 Å². The summed E-state index contributed by atoms with van der Waals surface area (Å²) in [6.45, 7) is 5.45. The molecule has 1 heterocycles. The monoisotopic (exact) mass is 206 g/mol. The Morgan fingerprint density at radius 3 is 2.79 bits per heavy atom. The number of fused-ring (bicyclic) bond motifs is 1. The topological polar surface area (TPSA) is 17.1 Å². The summed E-state index contributed by atoms with van der Waals surface area (Å²) in [6.07, 6.45) is 6.63. The molecule has 0 unspecified atom stereocenters. The molecule has 0 fully saturated rings. The smallest absolute Gasteiger partial charge is 0.170 e. The van der Waals surface area contributed by atoms with Crippen LogP contribution in [0.5, 0.6) is 0 Å². The van der Waals surface area contributed by atoms with E-state index in [1.165, 1.54) is 23.3 Å². The second kappa shape index (κ2) is 3.70. The minimum atomic E-state index is 0.180. The van der Waals surface area contributed by atoms with Gasteiger partial charge in [-0.15, -0.1) is 11.3 Å². The van der Waals surface area contributed by atoms with Crippen LogP contribution in [0.2, 0.25) is 0 Å². The molecule has 0 aromatic carbocycles. The van der Waals surface area contributed by atoms with Crippen molar-refractivity contribution in [1.29, 1.82) is 0 Å². The second-order valence-corrected chi connectivity index (χ2v) is 4.82. The first kappa shape index (κ1) is 9.66. The summed E-state index contributed by atoms with van der Waals surface area (Å²) in [5.41, 5.74) is 2.50. The van der Waals surface area contributed by atoms with Gasteiger partial charge in [0.15, 0.2) is 5.78 Å². The van der Waals surface area contributed by atoms with E-state index in [0.717, 1.165) is 23.3 Å². The number of rotatable bonds is 2. The van der Waals surface area contributed by atoms with Crippen molar-refractivity contribution < 1.29 is 4.79 Å². The highest BCUT2D eigenvalue weighted by Gasteiger charge is 2.20. The van der Waals surface area contributed by atoms with E-state index in [1.54, 1.807) is 18.3 Å². The SMILES string of the molecule is C=Cc1c(C(C)=O)sc2c1CCCC2. The van der Waals surface area contributed by atoms with E-state index in [4.69, 9.17) is 0 Å². The highest BCUT2D eigenvalue weighted by Crippen LogP contribution is 2.35. The van der Waals surface area contributed by atoms with Gasteiger partial charge in [0.2, 0.25) is 0 Å². The summed E-state index contributed by atoms with van der Waals surface area (Å²) >= 11 is 1.67. The molecule has 0 amide bonds. The summed E-state index contributed by atoms with van der Waals surface area (Å²) in [5, 5.41) is 0. The third-order valence-electron chi connectivity index (χ3n) is 2.74. The van der Waals surface area contributed by atoms with Gasteiger partial charge in [-0.1, -0.05) is 12.7 Å².